The molecule has 0 aliphatic carbocycles. The number of alkyl halides is 5. The summed E-state index contributed by atoms with van der Waals surface area (Å²) in [4.78, 5) is 0. The second-order valence-corrected chi connectivity index (χ2v) is 17.4. The van der Waals surface area contributed by atoms with Gasteiger partial charge < -0.3 is 0 Å². The maximum Gasteiger partial charge on any atom is 0.522 e. The standard InChI is InChI=1S/C14H23I.CHF3O3S/c1-13(2,3)15(14(4,5)6)12-10-8-7-9-11-12;2-1(3,4)8(5,6)7/h7-11H,1-6H3;(H,5,6,7). The molecule has 0 unspecified atom stereocenters. The van der Waals surface area contributed by atoms with Crippen molar-refractivity contribution in [2.24, 2.45) is 0 Å². The fraction of sp³-hybridized carbons (Fsp3) is 0.600. The molecule has 136 valence electrons. The van der Waals surface area contributed by atoms with Crippen LogP contribution in [0, 0.1) is 3.57 Å². The molecule has 0 amide bonds. The normalized spacial score (nSPS) is 13.9. The zero-order valence-corrected chi connectivity index (χ0v) is 17.0. The van der Waals surface area contributed by atoms with Gasteiger partial charge in [0.1, 0.15) is 0 Å². The van der Waals surface area contributed by atoms with E-state index in [2.05, 4.69) is 71.9 Å². The first kappa shape index (κ1) is 22.6. The number of benzene rings is 1. The molecule has 1 rings (SSSR count). The molecular formula is C15H24F3IO3S. The van der Waals surface area contributed by atoms with Crippen LogP contribution in [0.4, 0.5) is 13.2 Å². The Morgan fingerprint density at radius 1 is 0.870 bits per heavy atom. The first-order valence-electron chi connectivity index (χ1n) is 6.76. The van der Waals surface area contributed by atoms with Gasteiger partial charge in [-0.25, -0.2) is 0 Å². The van der Waals surface area contributed by atoms with E-state index in [1.807, 2.05) is 0 Å². The predicted octanol–water partition coefficient (Wildman–Crippen LogP) is 5.35. The van der Waals surface area contributed by atoms with Gasteiger partial charge in [0.15, 0.2) is 0 Å². The van der Waals surface area contributed by atoms with Crippen LogP contribution in [-0.4, -0.2) is 25.3 Å². The molecule has 0 aromatic heterocycles. The van der Waals surface area contributed by atoms with Gasteiger partial charge in [-0.2, -0.15) is 21.6 Å². The number of hydrogen-bond acceptors (Lipinski definition) is 2. The van der Waals surface area contributed by atoms with E-state index in [9.17, 15) is 13.2 Å². The Labute approximate surface area is 143 Å². The summed E-state index contributed by atoms with van der Waals surface area (Å²) in [7, 11) is -5.84. The van der Waals surface area contributed by atoms with Crippen molar-refractivity contribution in [2.45, 2.75) is 53.9 Å². The van der Waals surface area contributed by atoms with Crippen molar-refractivity contribution in [3.8, 4) is 0 Å². The Morgan fingerprint density at radius 2 is 1.17 bits per heavy atom. The quantitative estimate of drug-likeness (QED) is 0.262. The van der Waals surface area contributed by atoms with Gasteiger partial charge in [0.25, 0.3) is 0 Å². The maximum atomic E-state index is 10.7. The summed E-state index contributed by atoms with van der Waals surface area (Å²) in [6, 6.07) is 11.1. The monoisotopic (exact) mass is 468 g/mol. The molecule has 0 radical (unpaired) electrons. The van der Waals surface area contributed by atoms with Gasteiger partial charge in [-0.05, 0) is 0 Å². The molecule has 3 nitrogen and oxygen atoms in total. The summed E-state index contributed by atoms with van der Waals surface area (Å²) in [6.07, 6.45) is 0. The van der Waals surface area contributed by atoms with Crippen molar-refractivity contribution in [1.82, 2.24) is 0 Å². The molecule has 23 heavy (non-hydrogen) atoms. The molecule has 0 saturated carbocycles. The molecule has 1 aromatic rings. The molecule has 0 aliphatic rings. The first-order chi connectivity index (χ1) is 9.98. The molecule has 0 fully saturated rings. The van der Waals surface area contributed by atoms with E-state index in [-0.39, 0.29) is 0 Å². The van der Waals surface area contributed by atoms with Crippen LogP contribution < -0.4 is 0 Å². The van der Waals surface area contributed by atoms with Gasteiger partial charge in [0.2, 0.25) is 0 Å². The van der Waals surface area contributed by atoms with Crippen LogP contribution in [0.2, 0.25) is 0 Å². The third-order valence-corrected chi connectivity index (χ3v) is 11.4. The summed E-state index contributed by atoms with van der Waals surface area (Å²) in [6.45, 7) is 14.4. The van der Waals surface area contributed by atoms with Crippen LogP contribution in [0.25, 0.3) is 0 Å². The minimum absolute atomic E-state index is 0.462. The van der Waals surface area contributed by atoms with Crippen molar-refractivity contribution in [3.05, 3.63) is 33.9 Å². The summed E-state index contributed by atoms with van der Waals surface area (Å²) in [5, 5.41) is 0. The second kappa shape index (κ2) is 7.69. The Morgan fingerprint density at radius 3 is 1.39 bits per heavy atom. The molecule has 0 aliphatic heterocycles. The largest absolute Gasteiger partial charge is 0.522 e. The van der Waals surface area contributed by atoms with Crippen LogP contribution in [0.1, 0.15) is 41.5 Å². The van der Waals surface area contributed by atoms with E-state index in [1.54, 1.807) is 3.57 Å². The zero-order chi connectivity index (χ0) is 18.7. The zero-order valence-electron chi connectivity index (χ0n) is 14.1. The van der Waals surface area contributed by atoms with Crippen molar-refractivity contribution in [2.75, 3.05) is 0 Å². The Kier molecular flexibility index (Phi) is 7.57. The molecule has 0 spiro atoms. The van der Waals surface area contributed by atoms with Crippen molar-refractivity contribution < 1.29 is 26.1 Å². The van der Waals surface area contributed by atoms with Crippen LogP contribution in [-0.2, 0) is 10.1 Å². The molecule has 0 bridgehead atoms. The second-order valence-electron chi connectivity index (χ2n) is 6.63. The minimum atomic E-state index is -5.84. The predicted molar refractivity (Wildman–Crippen MR) is 96.3 cm³/mol. The maximum absolute atomic E-state index is 10.7. The van der Waals surface area contributed by atoms with E-state index in [4.69, 9.17) is 13.0 Å². The van der Waals surface area contributed by atoms with Crippen LogP contribution in [0.3, 0.4) is 0 Å². The van der Waals surface area contributed by atoms with Gasteiger partial charge in [-0.15, -0.1) is 0 Å². The topological polar surface area (TPSA) is 54.4 Å². The first-order valence-corrected chi connectivity index (χ1v) is 11.4. The van der Waals surface area contributed by atoms with Gasteiger partial charge in [-0.3, -0.25) is 4.55 Å². The van der Waals surface area contributed by atoms with Gasteiger partial charge in [-0.1, -0.05) is 0 Å². The van der Waals surface area contributed by atoms with E-state index in [0.29, 0.717) is 6.84 Å². The average Bonchev–Trinajstić information content (AvgIpc) is 2.24. The summed E-state index contributed by atoms with van der Waals surface area (Å²) < 4.78 is 60.1. The third-order valence-electron chi connectivity index (χ3n) is 2.38. The molecule has 1 aromatic carbocycles. The minimum Gasteiger partial charge on any atom is -0.279 e. The molecule has 0 heterocycles. The number of halogens is 4. The molecule has 8 heteroatoms. The molecule has 1 N–H and O–H groups in total. The van der Waals surface area contributed by atoms with Crippen molar-refractivity contribution in [1.29, 1.82) is 0 Å². The smallest absolute Gasteiger partial charge is 0.279 e. The fourth-order valence-electron chi connectivity index (χ4n) is 2.05. The van der Waals surface area contributed by atoms with Gasteiger partial charge in [0.05, 0.1) is 0 Å². The number of rotatable bonds is 1. The van der Waals surface area contributed by atoms with Crippen LogP contribution in [0.5, 0.6) is 0 Å². The molecule has 0 atom stereocenters. The number of hydrogen-bond donors (Lipinski definition) is 1. The SMILES string of the molecule is CC(C)(C)I(c1ccccc1)C(C)(C)C.O=S(=O)(O)C(F)(F)F. The summed E-state index contributed by atoms with van der Waals surface area (Å²) in [5.74, 6) is 0. The fourth-order valence-corrected chi connectivity index (χ4v) is 11.8. The molecular weight excluding hydrogens is 444 g/mol. The van der Waals surface area contributed by atoms with Crippen LogP contribution >= 0.6 is 19.8 Å². The Bertz CT molecular complexity index is 571. The van der Waals surface area contributed by atoms with E-state index in [1.165, 1.54) is 0 Å². The third kappa shape index (κ3) is 7.84. The van der Waals surface area contributed by atoms with Gasteiger partial charge >= 0.3 is 118 Å². The average molecular weight is 468 g/mol. The Balaban J connectivity index is 0.000000515. The van der Waals surface area contributed by atoms with E-state index >= 15 is 0 Å². The molecule has 0 saturated heterocycles. The summed E-state index contributed by atoms with van der Waals surface area (Å²) >= 11 is -1.17. The summed E-state index contributed by atoms with van der Waals surface area (Å²) in [5.41, 5.74) is -5.53. The Hall–Kier alpha value is -0.350. The van der Waals surface area contributed by atoms with E-state index < -0.39 is 35.4 Å². The van der Waals surface area contributed by atoms with E-state index in [0.717, 1.165) is 0 Å². The van der Waals surface area contributed by atoms with Crippen molar-refractivity contribution in [3.63, 3.8) is 0 Å². The van der Waals surface area contributed by atoms with Crippen molar-refractivity contribution >= 4 is 29.9 Å². The van der Waals surface area contributed by atoms with Crippen LogP contribution in [0.15, 0.2) is 30.3 Å². The van der Waals surface area contributed by atoms with Gasteiger partial charge in [0, 0.05) is 0 Å².